The highest BCUT2D eigenvalue weighted by Gasteiger charge is 2.41. The van der Waals surface area contributed by atoms with Crippen LogP contribution >= 0.6 is 11.3 Å². The van der Waals surface area contributed by atoms with E-state index in [1.165, 1.54) is 38.5 Å². The van der Waals surface area contributed by atoms with Crippen LogP contribution in [0.1, 0.15) is 75.5 Å². The van der Waals surface area contributed by atoms with E-state index in [9.17, 15) is 14.4 Å². The van der Waals surface area contributed by atoms with Gasteiger partial charge in [0.1, 0.15) is 11.8 Å². The molecule has 6 rings (SSSR count). The van der Waals surface area contributed by atoms with E-state index in [2.05, 4.69) is 15.6 Å². The van der Waals surface area contributed by atoms with Crippen molar-refractivity contribution in [1.29, 1.82) is 0 Å². The van der Waals surface area contributed by atoms with Gasteiger partial charge < -0.3 is 25.2 Å². The van der Waals surface area contributed by atoms with Crippen molar-refractivity contribution in [3.63, 3.8) is 0 Å². The topological polar surface area (TPSA) is 104 Å². The first-order chi connectivity index (χ1) is 22.0. The van der Waals surface area contributed by atoms with Crippen LogP contribution in [0, 0.1) is 5.92 Å². The zero-order valence-electron chi connectivity index (χ0n) is 26.0. The van der Waals surface area contributed by atoms with E-state index in [0.29, 0.717) is 30.8 Å². The molecule has 1 aliphatic heterocycles. The fourth-order valence-corrected chi connectivity index (χ4v) is 7.86. The monoisotopic (exact) mass is 631 g/mol. The summed E-state index contributed by atoms with van der Waals surface area (Å²) >= 11 is 1.58. The molecule has 3 amide bonds. The lowest BCUT2D eigenvalue weighted by atomic mass is 9.83. The van der Waals surface area contributed by atoms with Crippen LogP contribution in [0.2, 0.25) is 0 Å². The molecule has 240 valence electrons. The van der Waals surface area contributed by atoms with Gasteiger partial charge in [0.05, 0.1) is 24.6 Å². The largest absolute Gasteiger partial charge is 0.415 e. The van der Waals surface area contributed by atoms with Crippen molar-refractivity contribution in [2.45, 2.75) is 95.3 Å². The predicted molar refractivity (Wildman–Crippen MR) is 176 cm³/mol. The molecule has 45 heavy (non-hydrogen) atoms. The lowest BCUT2D eigenvalue weighted by Crippen LogP contribution is -2.64. The van der Waals surface area contributed by atoms with Crippen LogP contribution in [-0.2, 0) is 16.1 Å². The summed E-state index contributed by atoms with van der Waals surface area (Å²) < 4.78 is 5.86. The lowest BCUT2D eigenvalue weighted by Gasteiger charge is -2.42. The average molecular weight is 632 g/mol. The molecule has 0 bridgehead atoms. The van der Waals surface area contributed by atoms with Crippen LogP contribution in [-0.4, -0.2) is 70.5 Å². The predicted octanol–water partition coefficient (Wildman–Crippen LogP) is 5.89. The summed E-state index contributed by atoms with van der Waals surface area (Å²) in [5.41, 5.74) is 0.735. The molecule has 1 saturated heterocycles. The summed E-state index contributed by atoms with van der Waals surface area (Å²) in [6.45, 7) is 1.02. The summed E-state index contributed by atoms with van der Waals surface area (Å²) in [6.07, 6.45) is 13.8. The SMILES string of the molecule is O=C(NCc1cccs1)[C@@H]1CN(C(=O)Oc2cccc3ncccc23)CCN1C(=O)[C@@H](CC1CCCCC1)NC1CCCCC1. The van der Waals surface area contributed by atoms with Gasteiger partial charge in [-0.3, -0.25) is 14.6 Å². The minimum absolute atomic E-state index is 0.0180. The van der Waals surface area contributed by atoms with E-state index in [1.54, 1.807) is 39.5 Å². The zero-order valence-corrected chi connectivity index (χ0v) is 26.8. The molecule has 0 unspecified atom stereocenters. The third-order valence-corrected chi connectivity index (χ3v) is 10.6. The van der Waals surface area contributed by atoms with Gasteiger partial charge in [0.15, 0.2) is 0 Å². The molecule has 2 saturated carbocycles. The van der Waals surface area contributed by atoms with E-state index < -0.39 is 12.1 Å². The number of carbonyl (C=O) groups is 3. The lowest BCUT2D eigenvalue weighted by molar-refractivity contribution is -0.145. The first-order valence-electron chi connectivity index (χ1n) is 16.7. The molecule has 2 aromatic heterocycles. The van der Waals surface area contributed by atoms with Crippen molar-refractivity contribution in [1.82, 2.24) is 25.4 Å². The minimum Gasteiger partial charge on any atom is -0.409 e. The van der Waals surface area contributed by atoms with Crippen molar-refractivity contribution in [3.8, 4) is 5.75 Å². The number of aromatic nitrogens is 1. The zero-order chi connectivity index (χ0) is 31.0. The molecule has 3 heterocycles. The normalized spacial score (nSPS) is 20.6. The van der Waals surface area contributed by atoms with Crippen molar-refractivity contribution in [3.05, 3.63) is 58.9 Å². The van der Waals surface area contributed by atoms with Crippen LogP contribution < -0.4 is 15.4 Å². The summed E-state index contributed by atoms with van der Waals surface area (Å²) in [7, 11) is 0. The van der Waals surface area contributed by atoms with Gasteiger partial charge in [-0.05, 0) is 60.9 Å². The van der Waals surface area contributed by atoms with E-state index in [0.717, 1.165) is 47.9 Å². The smallest absolute Gasteiger partial charge is 0.409 e. The second kappa shape index (κ2) is 15.2. The Morgan fingerprint density at radius 2 is 1.73 bits per heavy atom. The Bertz CT molecular complexity index is 1410. The highest BCUT2D eigenvalue weighted by atomic mass is 32.1. The fourth-order valence-electron chi connectivity index (χ4n) is 7.22. The number of fused-ring (bicyclic) bond motifs is 1. The number of ether oxygens (including phenoxy) is 1. The highest BCUT2D eigenvalue weighted by Crippen LogP contribution is 2.30. The minimum atomic E-state index is -0.810. The Hall–Kier alpha value is -3.50. The van der Waals surface area contributed by atoms with Gasteiger partial charge >= 0.3 is 6.09 Å². The number of pyridine rings is 1. The molecule has 3 aromatic rings. The molecule has 2 atom stereocenters. The summed E-state index contributed by atoms with van der Waals surface area (Å²) in [4.78, 5) is 50.4. The number of amides is 3. The number of nitrogens with zero attached hydrogens (tertiary/aromatic N) is 3. The Morgan fingerprint density at radius 1 is 0.933 bits per heavy atom. The molecule has 3 aliphatic rings. The van der Waals surface area contributed by atoms with Crippen molar-refractivity contribution >= 4 is 40.1 Å². The van der Waals surface area contributed by atoms with Gasteiger partial charge in [-0.2, -0.15) is 0 Å². The van der Waals surface area contributed by atoms with Gasteiger partial charge in [-0.15, -0.1) is 11.3 Å². The molecular weight excluding hydrogens is 586 g/mol. The maximum absolute atomic E-state index is 14.5. The third-order valence-electron chi connectivity index (χ3n) is 9.68. The van der Waals surface area contributed by atoms with Gasteiger partial charge in [-0.1, -0.05) is 63.5 Å². The number of carbonyl (C=O) groups excluding carboxylic acids is 3. The molecule has 9 nitrogen and oxygen atoms in total. The number of benzene rings is 1. The Labute approximate surface area is 269 Å². The van der Waals surface area contributed by atoms with E-state index >= 15 is 0 Å². The van der Waals surface area contributed by atoms with Gasteiger partial charge in [0.25, 0.3) is 0 Å². The number of hydrogen-bond acceptors (Lipinski definition) is 7. The maximum Gasteiger partial charge on any atom is 0.415 e. The highest BCUT2D eigenvalue weighted by molar-refractivity contribution is 7.09. The Morgan fingerprint density at radius 3 is 2.51 bits per heavy atom. The number of hydrogen-bond donors (Lipinski definition) is 2. The van der Waals surface area contributed by atoms with E-state index in [1.807, 2.05) is 35.7 Å². The summed E-state index contributed by atoms with van der Waals surface area (Å²) in [6, 6.07) is 12.2. The van der Waals surface area contributed by atoms with E-state index in [-0.39, 0.29) is 30.9 Å². The molecule has 2 N–H and O–H groups in total. The van der Waals surface area contributed by atoms with Crippen LogP contribution in [0.4, 0.5) is 4.79 Å². The second-order valence-electron chi connectivity index (χ2n) is 12.8. The Balaban J connectivity index is 1.20. The van der Waals surface area contributed by atoms with Crippen molar-refractivity contribution in [2.24, 2.45) is 5.92 Å². The fraction of sp³-hybridized carbons (Fsp3) is 0.543. The number of thiophene rings is 1. The Kier molecular flexibility index (Phi) is 10.6. The van der Waals surface area contributed by atoms with Gasteiger partial charge in [0.2, 0.25) is 11.8 Å². The molecule has 2 aliphatic carbocycles. The average Bonchev–Trinajstić information content (AvgIpc) is 3.61. The molecule has 10 heteroatoms. The van der Waals surface area contributed by atoms with Crippen LogP contribution in [0.5, 0.6) is 5.75 Å². The number of rotatable bonds is 9. The van der Waals surface area contributed by atoms with Crippen molar-refractivity contribution < 1.29 is 19.1 Å². The number of nitrogens with one attached hydrogen (secondary N) is 2. The standard InChI is InChI=1S/C35H45N5O4S/c41-33(37-23-27-14-9-21-45-27)31-24-39(35(43)44-32-17-7-16-29-28(32)15-8-18-36-29)19-20-40(31)34(42)30(22-25-10-3-1-4-11-25)38-26-12-5-2-6-13-26/h7-9,14-18,21,25-26,30-31,38H,1-6,10-13,19-20,22-24H2,(H,37,41)/t30-,31+/m1/s1. The molecule has 0 radical (unpaired) electrons. The molecule has 0 spiro atoms. The van der Waals surface area contributed by atoms with Gasteiger partial charge in [-0.25, -0.2) is 4.79 Å². The first kappa shape index (κ1) is 31.5. The van der Waals surface area contributed by atoms with Gasteiger partial charge in [0, 0.05) is 35.6 Å². The molecule has 3 fully saturated rings. The van der Waals surface area contributed by atoms with Crippen LogP contribution in [0.15, 0.2) is 54.0 Å². The third kappa shape index (κ3) is 8.02. The second-order valence-corrected chi connectivity index (χ2v) is 13.8. The summed E-state index contributed by atoms with van der Waals surface area (Å²) in [5.74, 6) is 0.668. The quantitative estimate of drug-likeness (QED) is 0.306. The molecular formula is C35H45N5O4S. The van der Waals surface area contributed by atoms with Crippen LogP contribution in [0.3, 0.4) is 0 Å². The maximum atomic E-state index is 14.5. The van der Waals surface area contributed by atoms with E-state index in [4.69, 9.17) is 4.74 Å². The summed E-state index contributed by atoms with van der Waals surface area (Å²) in [5, 5.41) is 9.53. The van der Waals surface area contributed by atoms with Crippen molar-refractivity contribution in [2.75, 3.05) is 19.6 Å². The van der Waals surface area contributed by atoms with Crippen LogP contribution in [0.25, 0.3) is 10.9 Å². The first-order valence-corrected chi connectivity index (χ1v) is 17.6. The number of piperazine rings is 1. The molecule has 1 aromatic carbocycles.